The van der Waals surface area contributed by atoms with Gasteiger partial charge in [-0.05, 0) is 44.5 Å². The summed E-state index contributed by atoms with van der Waals surface area (Å²) in [5.41, 5.74) is 0.818. The lowest BCUT2D eigenvalue weighted by atomic mass is 10.0. The Balaban J connectivity index is 1.84. The minimum absolute atomic E-state index is 0.00179. The number of nitrogens with zero attached hydrogens (tertiary/aromatic N) is 2. The van der Waals surface area contributed by atoms with Crippen molar-refractivity contribution in [1.82, 2.24) is 14.8 Å². The van der Waals surface area contributed by atoms with Gasteiger partial charge < -0.3 is 14.8 Å². The van der Waals surface area contributed by atoms with Crippen molar-refractivity contribution in [2.75, 3.05) is 19.6 Å². The quantitative estimate of drug-likeness (QED) is 0.914. The molecule has 5 heteroatoms. The maximum Gasteiger partial charge on any atom is 0.242 e. The number of benzene rings is 1. The average Bonchev–Trinajstić information content (AvgIpc) is 2.63. The van der Waals surface area contributed by atoms with Gasteiger partial charge in [0, 0.05) is 30.2 Å². The molecule has 5 nitrogen and oxygen atoms in total. The molecule has 0 radical (unpaired) electrons. The fraction of sp³-hybridized carbons (Fsp3) is 0.474. The number of hydrogen-bond donors (Lipinski definition) is 1. The Morgan fingerprint density at radius 2 is 2.00 bits per heavy atom. The van der Waals surface area contributed by atoms with Crippen molar-refractivity contribution in [3.63, 3.8) is 0 Å². The van der Waals surface area contributed by atoms with Crippen LogP contribution in [-0.4, -0.2) is 41.1 Å². The van der Waals surface area contributed by atoms with E-state index in [1.165, 1.54) is 0 Å². The van der Waals surface area contributed by atoms with Gasteiger partial charge in [-0.1, -0.05) is 19.1 Å². The summed E-state index contributed by atoms with van der Waals surface area (Å²) in [4.78, 5) is 27.0. The smallest absolute Gasteiger partial charge is 0.242 e. The molecule has 0 atom stereocenters. The van der Waals surface area contributed by atoms with Crippen LogP contribution in [0, 0.1) is 0 Å². The predicted molar refractivity (Wildman–Crippen MR) is 96.1 cm³/mol. The Bertz CT molecular complexity index is 763. The van der Waals surface area contributed by atoms with Crippen LogP contribution in [0.2, 0.25) is 0 Å². The zero-order valence-electron chi connectivity index (χ0n) is 14.2. The summed E-state index contributed by atoms with van der Waals surface area (Å²) in [6.07, 6.45) is 4.71. The van der Waals surface area contributed by atoms with Crippen molar-refractivity contribution in [3.05, 3.63) is 46.8 Å². The van der Waals surface area contributed by atoms with E-state index >= 15 is 0 Å². The molecule has 1 aliphatic heterocycles. The van der Waals surface area contributed by atoms with Gasteiger partial charge in [0.1, 0.15) is 6.54 Å². The van der Waals surface area contributed by atoms with Gasteiger partial charge in [0.2, 0.25) is 5.91 Å². The summed E-state index contributed by atoms with van der Waals surface area (Å²) in [5.74, 6) is 0.137. The lowest BCUT2D eigenvalue weighted by Crippen LogP contribution is -2.47. The zero-order chi connectivity index (χ0) is 16.9. The first kappa shape index (κ1) is 16.7. The number of carbonyl (C=O) groups excluding carboxylic acids is 1. The molecule has 1 saturated heterocycles. The maximum atomic E-state index is 12.9. The minimum Gasteiger partial charge on any atom is -0.338 e. The van der Waals surface area contributed by atoms with E-state index < -0.39 is 0 Å². The van der Waals surface area contributed by atoms with Crippen molar-refractivity contribution < 1.29 is 4.79 Å². The fourth-order valence-electron chi connectivity index (χ4n) is 3.50. The number of nitrogens with one attached hydrogen (secondary N) is 1. The minimum atomic E-state index is -0.00179. The van der Waals surface area contributed by atoms with Crippen LogP contribution >= 0.6 is 0 Å². The summed E-state index contributed by atoms with van der Waals surface area (Å²) in [7, 11) is 0. The van der Waals surface area contributed by atoms with Crippen LogP contribution in [0.1, 0.15) is 26.2 Å². The van der Waals surface area contributed by atoms with Gasteiger partial charge in [-0.2, -0.15) is 0 Å². The molecule has 1 aromatic heterocycles. The van der Waals surface area contributed by atoms with Crippen molar-refractivity contribution in [1.29, 1.82) is 0 Å². The SMILES string of the molecule is CCCN(C(=O)Cn1ccc(=O)c2ccccc21)C1CCNCC1. The van der Waals surface area contributed by atoms with E-state index in [-0.39, 0.29) is 17.9 Å². The predicted octanol–water partition coefficient (Wildman–Crippen LogP) is 1.99. The van der Waals surface area contributed by atoms with Gasteiger partial charge in [-0.15, -0.1) is 0 Å². The number of aromatic nitrogens is 1. The molecular weight excluding hydrogens is 302 g/mol. The van der Waals surface area contributed by atoms with E-state index in [1.54, 1.807) is 12.3 Å². The molecule has 0 saturated carbocycles. The van der Waals surface area contributed by atoms with Gasteiger partial charge in [0.05, 0.1) is 5.52 Å². The highest BCUT2D eigenvalue weighted by Gasteiger charge is 2.24. The second-order valence-corrected chi connectivity index (χ2v) is 6.39. The third-order valence-corrected chi connectivity index (χ3v) is 4.72. The Morgan fingerprint density at radius 1 is 1.25 bits per heavy atom. The molecule has 0 bridgehead atoms. The fourth-order valence-corrected chi connectivity index (χ4v) is 3.50. The van der Waals surface area contributed by atoms with Gasteiger partial charge in [-0.3, -0.25) is 9.59 Å². The third kappa shape index (κ3) is 3.51. The third-order valence-electron chi connectivity index (χ3n) is 4.72. The molecule has 0 spiro atoms. The second-order valence-electron chi connectivity index (χ2n) is 6.39. The lowest BCUT2D eigenvalue weighted by molar-refractivity contribution is -0.134. The summed E-state index contributed by atoms with van der Waals surface area (Å²) in [5, 5.41) is 4.02. The molecule has 128 valence electrons. The van der Waals surface area contributed by atoms with Crippen molar-refractivity contribution >= 4 is 16.8 Å². The number of carbonyl (C=O) groups is 1. The van der Waals surface area contributed by atoms with Crippen molar-refractivity contribution in [3.8, 4) is 0 Å². The molecular formula is C19H25N3O2. The molecule has 2 aromatic rings. The van der Waals surface area contributed by atoms with E-state index in [2.05, 4.69) is 12.2 Å². The summed E-state index contributed by atoms with van der Waals surface area (Å²) < 4.78 is 1.89. The number of pyridine rings is 1. The van der Waals surface area contributed by atoms with Crippen LogP contribution < -0.4 is 10.7 Å². The highest BCUT2D eigenvalue weighted by molar-refractivity contribution is 5.82. The van der Waals surface area contributed by atoms with Crippen LogP contribution in [0.5, 0.6) is 0 Å². The van der Waals surface area contributed by atoms with Crippen LogP contribution in [-0.2, 0) is 11.3 Å². The van der Waals surface area contributed by atoms with Crippen LogP contribution in [0.15, 0.2) is 41.3 Å². The van der Waals surface area contributed by atoms with Crippen LogP contribution in [0.3, 0.4) is 0 Å². The topological polar surface area (TPSA) is 54.3 Å². The maximum absolute atomic E-state index is 12.9. The number of amides is 1. The first-order valence-corrected chi connectivity index (χ1v) is 8.79. The van der Waals surface area contributed by atoms with Crippen LogP contribution in [0.25, 0.3) is 10.9 Å². The highest BCUT2D eigenvalue weighted by atomic mass is 16.2. The van der Waals surface area contributed by atoms with Crippen molar-refractivity contribution in [2.45, 2.75) is 38.8 Å². The second kappa shape index (κ2) is 7.62. The van der Waals surface area contributed by atoms with E-state index in [9.17, 15) is 9.59 Å². The van der Waals surface area contributed by atoms with E-state index in [1.807, 2.05) is 33.7 Å². The summed E-state index contributed by atoms with van der Waals surface area (Å²) in [6, 6.07) is 9.34. The standard InChI is InChI=1S/C19H25N3O2/c1-2-12-22(15-7-10-20-11-8-15)19(24)14-21-13-9-18(23)16-5-3-4-6-17(16)21/h3-6,9,13,15,20H,2,7-8,10-12,14H2,1H3. The summed E-state index contributed by atoms with van der Waals surface area (Å²) >= 11 is 0. The Hall–Kier alpha value is -2.14. The lowest BCUT2D eigenvalue weighted by Gasteiger charge is -2.35. The van der Waals surface area contributed by atoms with E-state index in [0.29, 0.717) is 11.4 Å². The van der Waals surface area contributed by atoms with Gasteiger partial charge in [-0.25, -0.2) is 0 Å². The molecule has 1 N–H and O–H groups in total. The molecule has 1 aromatic carbocycles. The molecule has 3 rings (SSSR count). The molecule has 1 fully saturated rings. The van der Waals surface area contributed by atoms with E-state index in [4.69, 9.17) is 0 Å². The monoisotopic (exact) mass is 327 g/mol. The van der Waals surface area contributed by atoms with Gasteiger partial charge in [0.25, 0.3) is 0 Å². The normalized spacial score (nSPS) is 15.5. The molecule has 2 heterocycles. The van der Waals surface area contributed by atoms with Crippen LogP contribution in [0.4, 0.5) is 0 Å². The highest BCUT2D eigenvalue weighted by Crippen LogP contribution is 2.15. The Kier molecular flexibility index (Phi) is 5.30. The molecule has 24 heavy (non-hydrogen) atoms. The van der Waals surface area contributed by atoms with Crippen molar-refractivity contribution in [2.24, 2.45) is 0 Å². The first-order valence-electron chi connectivity index (χ1n) is 8.79. The Labute approximate surface area is 142 Å². The largest absolute Gasteiger partial charge is 0.338 e. The molecule has 0 unspecified atom stereocenters. The van der Waals surface area contributed by atoms with Gasteiger partial charge >= 0.3 is 0 Å². The van der Waals surface area contributed by atoms with E-state index in [0.717, 1.165) is 44.4 Å². The summed E-state index contributed by atoms with van der Waals surface area (Å²) in [6.45, 7) is 5.13. The number of rotatable bonds is 5. The number of piperidine rings is 1. The zero-order valence-corrected chi connectivity index (χ0v) is 14.2. The average molecular weight is 327 g/mol. The number of para-hydroxylation sites is 1. The number of fused-ring (bicyclic) bond motifs is 1. The molecule has 0 aliphatic carbocycles. The van der Waals surface area contributed by atoms with Gasteiger partial charge in [0.15, 0.2) is 5.43 Å². The Morgan fingerprint density at radius 3 is 2.75 bits per heavy atom. The molecule has 1 amide bonds. The number of hydrogen-bond acceptors (Lipinski definition) is 3. The molecule has 1 aliphatic rings. The first-order chi connectivity index (χ1) is 11.7.